The monoisotopic (exact) mass is 204 g/mol. The topological polar surface area (TPSA) is 42.6 Å². The van der Waals surface area contributed by atoms with E-state index in [-0.39, 0.29) is 17.9 Å². The molecule has 0 aliphatic carbocycles. The molecule has 1 N–H and O–H groups in total. The second-order valence-electron chi connectivity index (χ2n) is 3.05. The molecule has 0 radical (unpaired) electrons. The largest absolute Gasteiger partial charge is 0.453 e. The molecule has 1 rings (SSSR count). The number of hydrogen-bond donors (Lipinski definition) is 1. The van der Waals surface area contributed by atoms with Crippen LogP contribution in [-0.2, 0) is 4.74 Å². The highest BCUT2D eigenvalue weighted by Gasteiger charge is 2.14. The molecule has 1 aromatic rings. The van der Waals surface area contributed by atoms with Gasteiger partial charge in [-0.15, -0.1) is 0 Å². The lowest BCUT2D eigenvalue weighted by Gasteiger charge is -2.11. The van der Waals surface area contributed by atoms with Crippen LogP contribution in [0.5, 0.6) is 0 Å². The van der Waals surface area contributed by atoms with Gasteiger partial charge in [-0.3, -0.25) is 0 Å². The molecule has 4 heteroatoms. The third kappa shape index (κ3) is 3.03. The fourth-order valence-electron chi connectivity index (χ4n) is 0.916. The minimum absolute atomic E-state index is 0.0975. The number of rotatable bonds is 4. The van der Waals surface area contributed by atoms with Gasteiger partial charge in [0.1, 0.15) is 6.10 Å². The van der Waals surface area contributed by atoms with Crippen LogP contribution in [0.4, 0.5) is 0 Å². The van der Waals surface area contributed by atoms with Gasteiger partial charge in [0.25, 0.3) is 0 Å². The highest BCUT2D eigenvalue weighted by molar-refractivity contribution is 6.29. The zero-order chi connectivity index (χ0) is 9.84. The van der Waals surface area contributed by atoms with Crippen molar-refractivity contribution in [1.82, 2.24) is 0 Å². The van der Waals surface area contributed by atoms with E-state index in [9.17, 15) is 5.11 Å². The Bertz CT molecular complexity index is 257. The molecule has 3 nitrogen and oxygen atoms in total. The fourth-order valence-corrected chi connectivity index (χ4v) is 1.16. The Morgan fingerprint density at radius 1 is 1.62 bits per heavy atom. The number of hydrogen-bond acceptors (Lipinski definition) is 3. The van der Waals surface area contributed by atoms with Crippen molar-refractivity contribution < 1.29 is 14.3 Å². The van der Waals surface area contributed by atoms with Crippen LogP contribution in [-0.4, -0.2) is 17.8 Å². The van der Waals surface area contributed by atoms with Crippen molar-refractivity contribution in [3.8, 4) is 0 Å². The first-order valence-electron chi connectivity index (χ1n) is 4.14. The van der Waals surface area contributed by atoms with Crippen LogP contribution < -0.4 is 0 Å². The van der Waals surface area contributed by atoms with Gasteiger partial charge in [0.15, 0.2) is 5.22 Å². The first-order chi connectivity index (χ1) is 6.11. The highest BCUT2D eigenvalue weighted by Crippen LogP contribution is 2.24. The Kier molecular flexibility index (Phi) is 3.78. The first kappa shape index (κ1) is 10.6. The Morgan fingerprint density at radius 2 is 2.31 bits per heavy atom. The van der Waals surface area contributed by atoms with E-state index >= 15 is 0 Å². The lowest BCUT2D eigenvalue weighted by Crippen LogP contribution is -2.11. The summed E-state index contributed by atoms with van der Waals surface area (Å²) in [6.07, 6.45) is 0.824. The Labute approximate surface area is 82.3 Å². The van der Waals surface area contributed by atoms with E-state index in [2.05, 4.69) is 0 Å². The van der Waals surface area contributed by atoms with Gasteiger partial charge in [0, 0.05) is 5.56 Å². The van der Waals surface area contributed by atoms with Crippen molar-refractivity contribution in [2.24, 2.45) is 0 Å². The van der Waals surface area contributed by atoms with Gasteiger partial charge in [-0.2, -0.15) is 0 Å². The number of aliphatic hydroxyl groups is 1. The van der Waals surface area contributed by atoms with Crippen molar-refractivity contribution in [2.75, 3.05) is 6.61 Å². The molecule has 0 amide bonds. The summed E-state index contributed by atoms with van der Waals surface area (Å²) < 4.78 is 10.1. The second kappa shape index (κ2) is 4.65. The number of halogens is 1. The standard InChI is InChI=1S/C9H13ClO3/c1-6(2)13-5-8(11)7-3-4-12-9(7)10/h3-4,6,8,11H,5H2,1-2H3. The maximum absolute atomic E-state index is 9.57. The van der Waals surface area contributed by atoms with Crippen LogP contribution in [0.15, 0.2) is 16.7 Å². The van der Waals surface area contributed by atoms with Crippen molar-refractivity contribution in [3.63, 3.8) is 0 Å². The van der Waals surface area contributed by atoms with Crippen molar-refractivity contribution in [3.05, 3.63) is 23.1 Å². The van der Waals surface area contributed by atoms with Gasteiger partial charge in [-0.05, 0) is 31.5 Å². The molecular formula is C9H13ClO3. The zero-order valence-corrected chi connectivity index (χ0v) is 8.41. The molecule has 1 atom stereocenters. The Hall–Kier alpha value is -0.510. The first-order valence-corrected chi connectivity index (χ1v) is 4.51. The summed E-state index contributed by atoms with van der Waals surface area (Å²) in [6.45, 7) is 4.05. The smallest absolute Gasteiger partial charge is 0.198 e. The number of furan rings is 1. The summed E-state index contributed by atoms with van der Waals surface area (Å²) in [5, 5.41) is 9.79. The molecule has 0 bridgehead atoms. The SMILES string of the molecule is CC(C)OCC(O)c1ccoc1Cl. The molecule has 0 aliphatic rings. The number of ether oxygens (including phenoxy) is 1. The van der Waals surface area contributed by atoms with Crippen molar-refractivity contribution >= 4 is 11.6 Å². The van der Waals surface area contributed by atoms with E-state index in [1.807, 2.05) is 13.8 Å². The molecule has 1 aromatic heterocycles. The van der Waals surface area contributed by atoms with Gasteiger partial charge in [0.2, 0.25) is 0 Å². The molecule has 0 aromatic carbocycles. The molecule has 0 spiro atoms. The van der Waals surface area contributed by atoms with E-state index < -0.39 is 6.10 Å². The second-order valence-corrected chi connectivity index (χ2v) is 3.39. The average Bonchev–Trinajstić information content (AvgIpc) is 2.47. The van der Waals surface area contributed by atoms with E-state index in [1.165, 1.54) is 6.26 Å². The third-order valence-electron chi connectivity index (χ3n) is 1.59. The minimum atomic E-state index is -0.714. The van der Waals surface area contributed by atoms with Gasteiger partial charge in [-0.1, -0.05) is 0 Å². The normalized spacial score (nSPS) is 13.6. The van der Waals surface area contributed by atoms with E-state index in [1.54, 1.807) is 6.07 Å². The lowest BCUT2D eigenvalue weighted by atomic mass is 10.2. The molecule has 0 saturated carbocycles. The van der Waals surface area contributed by atoms with Crippen LogP contribution in [0.2, 0.25) is 5.22 Å². The molecular weight excluding hydrogens is 192 g/mol. The van der Waals surface area contributed by atoms with Gasteiger partial charge < -0.3 is 14.3 Å². The summed E-state index contributed by atoms with van der Waals surface area (Å²) in [7, 11) is 0. The van der Waals surface area contributed by atoms with Gasteiger partial charge in [-0.25, -0.2) is 0 Å². The van der Waals surface area contributed by atoms with Crippen LogP contribution in [0.3, 0.4) is 0 Å². The maximum Gasteiger partial charge on any atom is 0.198 e. The minimum Gasteiger partial charge on any atom is -0.453 e. The lowest BCUT2D eigenvalue weighted by molar-refractivity contribution is 0.00477. The van der Waals surface area contributed by atoms with Crippen LogP contribution in [0.25, 0.3) is 0 Å². The summed E-state index contributed by atoms with van der Waals surface area (Å²) in [4.78, 5) is 0. The summed E-state index contributed by atoms with van der Waals surface area (Å²) >= 11 is 5.67. The third-order valence-corrected chi connectivity index (χ3v) is 1.90. The average molecular weight is 205 g/mol. The van der Waals surface area contributed by atoms with E-state index in [0.717, 1.165) is 0 Å². The van der Waals surface area contributed by atoms with Gasteiger partial charge >= 0.3 is 0 Å². The van der Waals surface area contributed by atoms with E-state index in [0.29, 0.717) is 5.56 Å². The van der Waals surface area contributed by atoms with Crippen LogP contribution >= 0.6 is 11.6 Å². The Morgan fingerprint density at radius 3 is 2.77 bits per heavy atom. The highest BCUT2D eigenvalue weighted by atomic mass is 35.5. The zero-order valence-electron chi connectivity index (χ0n) is 7.66. The maximum atomic E-state index is 9.57. The van der Waals surface area contributed by atoms with E-state index in [4.69, 9.17) is 20.8 Å². The molecule has 74 valence electrons. The molecule has 13 heavy (non-hydrogen) atoms. The fraction of sp³-hybridized carbons (Fsp3) is 0.556. The number of aliphatic hydroxyl groups excluding tert-OH is 1. The summed E-state index contributed by atoms with van der Waals surface area (Å²) in [5.74, 6) is 0. The molecule has 1 heterocycles. The van der Waals surface area contributed by atoms with Crippen molar-refractivity contribution in [1.29, 1.82) is 0 Å². The van der Waals surface area contributed by atoms with Gasteiger partial charge in [0.05, 0.1) is 19.0 Å². The van der Waals surface area contributed by atoms with Crippen LogP contribution in [0.1, 0.15) is 25.5 Å². The summed E-state index contributed by atoms with van der Waals surface area (Å²) in [5.41, 5.74) is 0.572. The molecule has 0 fully saturated rings. The molecule has 0 aliphatic heterocycles. The van der Waals surface area contributed by atoms with Crippen LogP contribution in [0, 0.1) is 0 Å². The molecule has 0 saturated heterocycles. The van der Waals surface area contributed by atoms with Crippen molar-refractivity contribution in [2.45, 2.75) is 26.1 Å². The molecule has 1 unspecified atom stereocenters. The predicted molar refractivity (Wildman–Crippen MR) is 49.8 cm³/mol. The summed E-state index contributed by atoms with van der Waals surface area (Å²) in [6, 6.07) is 1.64. The predicted octanol–water partition coefficient (Wildman–Crippen LogP) is 2.39. The Balaban J connectivity index is 2.49. The quantitative estimate of drug-likeness (QED) is 0.819.